The molecule has 5 rings (SSSR count). The van der Waals surface area contributed by atoms with Gasteiger partial charge < -0.3 is 11.1 Å². The summed E-state index contributed by atoms with van der Waals surface area (Å²) in [5.74, 6) is -3.46. The fourth-order valence-electron chi connectivity index (χ4n) is 5.74. The summed E-state index contributed by atoms with van der Waals surface area (Å²) in [6.07, 6.45) is 1.08. The van der Waals surface area contributed by atoms with E-state index in [0.717, 1.165) is 11.1 Å². The number of imide groups is 1. The maximum absolute atomic E-state index is 13.7. The number of carbonyl (C=O) groups excluding carboxylic acids is 4. The summed E-state index contributed by atoms with van der Waals surface area (Å²) in [4.78, 5) is 53.7. The molecule has 2 aromatic carbocycles. The smallest absolute Gasteiger partial charge is 0.250 e. The first kappa shape index (κ1) is 21.3. The molecule has 170 valence electrons. The predicted molar refractivity (Wildman–Crippen MR) is 121 cm³/mol. The number of anilines is 1. The molecular weight excluding hydrogens is 420 g/mol. The zero-order valence-electron chi connectivity index (χ0n) is 18.3. The first-order valence-electron chi connectivity index (χ1n) is 11.3. The van der Waals surface area contributed by atoms with Gasteiger partial charge in [0.2, 0.25) is 23.6 Å². The fourth-order valence-corrected chi connectivity index (χ4v) is 5.74. The van der Waals surface area contributed by atoms with Crippen molar-refractivity contribution in [3.05, 3.63) is 65.2 Å². The summed E-state index contributed by atoms with van der Waals surface area (Å²) in [6.45, 7) is 2.21. The number of aryl methyl sites for hydroxylation is 1. The van der Waals surface area contributed by atoms with Crippen LogP contribution < -0.4 is 16.4 Å². The van der Waals surface area contributed by atoms with E-state index < -0.39 is 29.3 Å². The van der Waals surface area contributed by atoms with E-state index in [4.69, 9.17) is 5.73 Å². The van der Waals surface area contributed by atoms with E-state index in [1.165, 1.54) is 4.90 Å². The lowest BCUT2D eigenvalue weighted by molar-refractivity contribution is -0.142. The number of hydrogen-bond acceptors (Lipinski definition) is 5. The fraction of sp³-hybridized carbons (Fsp3) is 0.360. The summed E-state index contributed by atoms with van der Waals surface area (Å²) in [5, 5.41) is 6.18. The van der Waals surface area contributed by atoms with Gasteiger partial charge in [-0.2, -0.15) is 0 Å². The van der Waals surface area contributed by atoms with Crippen LogP contribution in [0.15, 0.2) is 48.5 Å². The molecule has 3 heterocycles. The van der Waals surface area contributed by atoms with Gasteiger partial charge in [-0.25, -0.2) is 0 Å². The number of benzene rings is 2. The lowest BCUT2D eigenvalue weighted by Gasteiger charge is -2.29. The first-order valence-corrected chi connectivity index (χ1v) is 11.3. The number of hydrogen-bond donors (Lipinski definition) is 3. The van der Waals surface area contributed by atoms with Gasteiger partial charge in [-0.1, -0.05) is 55.5 Å². The molecule has 3 aliphatic heterocycles. The van der Waals surface area contributed by atoms with Crippen molar-refractivity contribution < 1.29 is 19.2 Å². The number of carbonyl (C=O) groups is 4. The van der Waals surface area contributed by atoms with Gasteiger partial charge in [-0.3, -0.25) is 29.4 Å². The van der Waals surface area contributed by atoms with Crippen molar-refractivity contribution in [3.63, 3.8) is 0 Å². The Labute approximate surface area is 191 Å². The third kappa shape index (κ3) is 3.08. The molecule has 4 atom stereocenters. The molecule has 4 amide bonds. The molecule has 0 bridgehead atoms. The summed E-state index contributed by atoms with van der Waals surface area (Å²) in [6, 6.07) is 14.5. The molecule has 0 saturated carbocycles. The third-order valence-corrected chi connectivity index (χ3v) is 7.20. The SMILES string of the molecule is CCc1cccc2c1NC(=O)[C@]21N[C@@H](CC(N)=O)[C@H]2C(=O)N(CCc3ccccc3)C(=O)[C@@H]21. The average molecular weight is 447 g/mol. The Kier molecular flexibility index (Phi) is 5.05. The highest BCUT2D eigenvalue weighted by Gasteiger charge is 2.70. The minimum Gasteiger partial charge on any atom is -0.370 e. The Morgan fingerprint density at radius 3 is 2.52 bits per heavy atom. The molecule has 2 aromatic rings. The normalized spacial score (nSPS) is 27.7. The van der Waals surface area contributed by atoms with Gasteiger partial charge >= 0.3 is 0 Å². The highest BCUT2D eigenvalue weighted by atomic mass is 16.2. The van der Waals surface area contributed by atoms with Gasteiger partial charge in [0.25, 0.3) is 0 Å². The molecule has 8 heteroatoms. The highest BCUT2D eigenvalue weighted by molar-refractivity contribution is 6.15. The zero-order valence-corrected chi connectivity index (χ0v) is 18.3. The van der Waals surface area contributed by atoms with E-state index in [2.05, 4.69) is 10.6 Å². The van der Waals surface area contributed by atoms with Crippen LogP contribution in [0.5, 0.6) is 0 Å². The van der Waals surface area contributed by atoms with Crippen LogP contribution in [0.2, 0.25) is 0 Å². The largest absolute Gasteiger partial charge is 0.370 e. The van der Waals surface area contributed by atoms with Crippen LogP contribution in [-0.4, -0.2) is 41.1 Å². The molecule has 2 fully saturated rings. The molecule has 8 nitrogen and oxygen atoms in total. The van der Waals surface area contributed by atoms with Crippen molar-refractivity contribution in [1.82, 2.24) is 10.2 Å². The topological polar surface area (TPSA) is 122 Å². The third-order valence-electron chi connectivity index (χ3n) is 7.20. The molecule has 0 aromatic heterocycles. The Bertz CT molecular complexity index is 1160. The molecule has 4 N–H and O–H groups in total. The zero-order chi connectivity index (χ0) is 23.3. The van der Waals surface area contributed by atoms with Crippen molar-refractivity contribution in [2.45, 2.75) is 37.8 Å². The number of amides is 4. The number of nitrogens with zero attached hydrogens (tertiary/aromatic N) is 1. The predicted octanol–water partition coefficient (Wildman–Crippen LogP) is 1.09. The summed E-state index contributed by atoms with van der Waals surface area (Å²) in [7, 11) is 0. The van der Waals surface area contributed by atoms with Gasteiger partial charge in [0.15, 0.2) is 0 Å². The second-order valence-corrected chi connectivity index (χ2v) is 8.94. The number of rotatable bonds is 6. The van der Waals surface area contributed by atoms with E-state index >= 15 is 0 Å². The van der Waals surface area contributed by atoms with Gasteiger partial charge in [0.05, 0.1) is 11.8 Å². The molecule has 2 saturated heterocycles. The number of nitrogens with two attached hydrogens (primary N) is 1. The standard InChI is InChI=1S/C25H26N4O4/c1-2-15-9-6-10-16-21(15)27-24(33)25(16)20-19(17(28-25)13-18(26)30)22(31)29(23(20)32)12-11-14-7-4-3-5-8-14/h3-10,17,19-20,28H,2,11-13H2,1H3,(H2,26,30)(H,27,33)/t17-,19+,20+,25-/m0/s1. The first-order chi connectivity index (χ1) is 15.9. The lowest BCUT2D eigenvalue weighted by atomic mass is 9.76. The van der Waals surface area contributed by atoms with Crippen LogP contribution in [0.1, 0.15) is 30.0 Å². The monoisotopic (exact) mass is 446 g/mol. The molecule has 3 aliphatic rings. The van der Waals surface area contributed by atoms with Gasteiger partial charge in [-0.05, 0) is 24.0 Å². The van der Waals surface area contributed by atoms with E-state index in [1.807, 2.05) is 55.5 Å². The van der Waals surface area contributed by atoms with Crippen LogP contribution in [0, 0.1) is 11.8 Å². The number of para-hydroxylation sites is 1. The van der Waals surface area contributed by atoms with E-state index in [0.29, 0.717) is 24.1 Å². The molecular formula is C25H26N4O4. The van der Waals surface area contributed by atoms with Crippen molar-refractivity contribution >= 4 is 29.3 Å². The number of nitrogens with one attached hydrogen (secondary N) is 2. The summed E-state index contributed by atoms with van der Waals surface area (Å²) in [5.41, 5.74) is 7.36. The second-order valence-electron chi connectivity index (χ2n) is 8.94. The van der Waals surface area contributed by atoms with Gasteiger partial charge in [0.1, 0.15) is 5.54 Å². The summed E-state index contributed by atoms with van der Waals surface area (Å²) >= 11 is 0. The van der Waals surface area contributed by atoms with Crippen molar-refractivity contribution in [3.8, 4) is 0 Å². The highest BCUT2D eigenvalue weighted by Crippen LogP contribution is 2.53. The van der Waals surface area contributed by atoms with E-state index in [1.54, 1.807) is 0 Å². The van der Waals surface area contributed by atoms with Crippen molar-refractivity contribution in [1.29, 1.82) is 0 Å². The molecule has 0 aliphatic carbocycles. The van der Waals surface area contributed by atoms with Crippen molar-refractivity contribution in [2.24, 2.45) is 17.6 Å². The summed E-state index contributed by atoms with van der Waals surface area (Å²) < 4.78 is 0. The van der Waals surface area contributed by atoms with Crippen LogP contribution >= 0.6 is 0 Å². The van der Waals surface area contributed by atoms with Crippen LogP contribution in [0.25, 0.3) is 0 Å². The average Bonchev–Trinajstić information content (AvgIpc) is 3.37. The molecule has 0 unspecified atom stereocenters. The molecule has 1 spiro atoms. The molecule has 0 radical (unpaired) electrons. The van der Waals surface area contributed by atoms with Crippen molar-refractivity contribution in [2.75, 3.05) is 11.9 Å². The molecule has 33 heavy (non-hydrogen) atoms. The Morgan fingerprint density at radius 1 is 1.06 bits per heavy atom. The maximum Gasteiger partial charge on any atom is 0.250 e. The van der Waals surface area contributed by atoms with Gasteiger partial charge in [-0.15, -0.1) is 0 Å². The Balaban J connectivity index is 1.56. The Hall–Kier alpha value is -3.52. The van der Waals surface area contributed by atoms with E-state index in [-0.39, 0.29) is 30.7 Å². The number of primary amides is 1. The Morgan fingerprint density at radius 2 is 1.82 bits per heavy atom. The van der Waals surface area contributed by atoms with Crippen LogP contribution in [0.4, 0.5) is 5.69 Å². The lowest BCUT2D eigenvalue weighted by Crippen LogP contribution is -2.53. The minimum absolute atomic E-state index is 0.134. The minimum atomic E-state index is -1.40. The second kappa shape index (κ2) is 7.81. The van der Waals surface area contributed by atoms with Crippen LogP contribution in [-0.2, 0) is 37.6 Å². The number of fused-ring (bicyclic) bond motifs is 4. The maximum atomic E-state index is 13.7. The quantitative estimate of drug-likeness (QED) is 0.574. The number of likely N-dealkylation sites (tertiary alicyclic amines) is 1. The van der Waals surface area contributed by atoms with Gasteiger partial charge in [0, 0.05) is 30.3 Å². The van der Waals surface area contributed by atoms with Crippen LogP contribution in [0.3, 0.4) is 0 Å². The van der Waals surface area contributed by atoms with E-state index in [9.17, 15) is 19.2 Å².